The average molecular weight is 363 g/mol. The van der Waals surface area contributed by atoms with Gasteiger partial charge in [0, 0.05) is 28.3 Å². The largest absolute Gasteiger partial charge is 0.386 e. The molecule has 0 aromatic carbocycles. The van der Waals surface area contributed by atoms with Crippen LogP contribution in [0.2, 0.25) is 0 Å². The molecule has 0 fully saturated rings. The number of amides is 2. The lowest BCUT2D eigenvalue weighted by molar-refractivity contribution is -0.176. The molecule has 0 atom stereocenters. The van der Waals surface area contributed by atoms with Crippen molar-refractivity contribution in [3.05, 3.63) is 0 Å². The van der Waals surface area contributed by atoms with E-state index < -0.39 is 12.5 Å². The molecule has 1 N–H and O–H groups in total. The quantitative estimate of drug-likeness (QED) is 0.265. The minimum absolute atomic E-state index is 0.0296. The number of rotatable bonds is 8. The molecule has 0 heterocycles. The fourth-order valence-corrected chi connectivity index (χ4v) is 0.606. The number of aliphatic hydroxyl groups is 1. The number of hydrogen-bond acceptors (Lipinski definition) is 8. The van der Waals surface area contributed by atoms with Crippen LogP contribution in [-0.2, 0) is 33.5 Å². The first-order valence-electron chi connectivity index (χ1n) is 6.19. The molecular formula is C12H27ClN2O8. The van der Waals surface area contributed by atoms with E-state index in [1.54, 1.807) is 7.11 Å². The van der Waals surface area contributed by atoms with Crippen LogP contribution in [0.4, 0.5) is 0 Å². The number of methoxy groups -OCH3 is 2. The van der Waals surface area contributed by atoms with Gasteiger partial charge in [0.2, 0.25) is 0 Å². The maximum atomic E-state index is 10.9. The van der Waals surface area contributed by atoms with E-state index in [9.17, 15) is 9.59 Å². The Labute approximate surface area is 141 Å². The van der Waals surface area contributed by atoms with Crippen LogP contribution in [-0.4, -0.2) is 95.7 Å². The maximum absolute atomic E-state index is 10.9. The predicted octanol–water partition coefficient (Wildman–Crippen LogP) is -0.546. The van der Waals surface area contributed by atoms with Crippen LogP contribution < -0.4 is 0 Å². The Morgan fingerprint density at radius 3 is 1.65 bits per heavy atom. The van der Waals surface area contributed by atoms with Crippen molar-refractivity contribution in [3.8, 4) is 0 Å². The highest BCUT2D eigenvalue weighted by molar-refractivity contribution is 6.17. The number of ether oxygens (including phenoxy) is 3. The summed E-state index contributed by atoms with van der Waals surface area (Å²) in [5.41, 5.74) is 0. The van der Waals surface area contributed by atoms with Gasteiger partial charge in [0.15, 0.2) is 0 Å². The van der Waals surface area contributed by atoms with Crippen molar-refractivity contribution in [3.63, 3.8) is 0 Å². The van der Waals surface area contributed by atoms with Gasteiger partial charge in [-0.2, -0.15) is 0 Å². The van der Waals surface area contributed by atoms with Gasteiger partial charge in [-0.15, -0.1) is 0 Å². The van der Waals surface area contributed by atoms with Crippen molar-refractivity contribution in [1.82, 2.24) is 10.1 Å². The SMILES string of the molecule is COCCl.COCOCC(=O)N(C)OC.CON(C)C(=O)CO. The number of aliphatic hydroxyl groups excluding tert-OH is 1. The van der Waals surface area contributed by atoms with Gasteiger partial charge >= 0.3 is 0 Å². The highest BCUT2D eigenvalue weighted by Crippen LogP contribution is 1.85. The molecule has 0 radical (unpaired) electrons. The maximum Gasteiger partial charge on any atom is 0.271 e. The van der Waals surface area contributed by atoms with Crippen molar-refractivity contribution in [1.29, 1.82) is 0 Å². The molecule has 140 valence electrons. The van der Waals surface area contributed by atoms with E-state index in [-0.39, 0.29) is 19.3 Å². The van der Waals surface area contributed by atoms with Crippen LogP contribution >= 0.6 is 11.6 Å². The van der Waals surface area contributed by atoms with Crippen LogP contribution in [0.3, 0.4) is 0 Å². The molecule has 0 aromatic heterocycles. The highest BCUT2D eigenvalue weighted by Gasteiger charge is 2.06. The first-order valence-corrected chi connectivity index (χ1v) is 6.73. The summed E-state index contributed by atoms with van der Waals surface area (Å²) in [6.45, 7) is -0.425. The van der Waals surface area contributed by atoms with Crippen molar-refractivity contribution in [2.75, 3.05) is 68.6 Å². The molecule has 0 spiro atoms. The van der Waals surface area contributed by atoms with Crippen LogP contribution in [0.1, 0.15) is 0 Å². The second-order valence-corrected chi connectivity index (χ2v) is 3.68. The van der Waals surface area contributed by atoms with Crippen molar-refractivity contribution >= 4 is 23.4 Å². The number of hydrogen-bond donors (Lipinski definition) is 1. The predicted molar refractivity (Wildman–Crippen MR) is 82.2 cm³/mol. The molecule has 0 aliphatic rings. The van der Waals surface area contributed by atoms with Crippen LogP contribution in [0.15, 0.2) is 0 Å². The molecule has 11 heteroatoms. The molecule has 23 heavy (non-hydrogen) atoms. The summed E-state index contributed by atoms with van der Waals surface area (Å²) in [5, 5.41) is 10.2. The number of hydroxylamine groups is 4. The molecule has 0 bridgehead atoms. The minimum atomic E-state index is -0.510. The molecule has 0 aromatic rings. The van der Waals surface area contributed by atoms with Gasteiger partial charge in [0.05, 0.1) is 14.2 Å². The summed E-state index contributed by atoms with van der Waals surface area (Å²) in [5.74, 6) is -0.697. The van der Waals surface area contributed by atoms with Crippen molar-refractivity contribution < 1.29 is 38.6 Å². The van der Waals surface area contributed by atoms with Gasteiger partial charge in [-0.25, -0.2) is 10.1 Å². The van der Waals surface area contributed by atoms with E-state index in [1.165, 1.54) is 35.4 Å². The van der Waals surface area contributed by atoms with Gasteiger partial charge in [-0.05, 0) is 0 Å². The first-order chi connectivity index (χ1) is 10.9. The van der Waals surface area contributed by atoms with E-state index in [1.807, 2.05) is 0 Å². The average Bonchev–Trinajstić information content (AvgIpc) is 2.60. The van der Waals surface area contributed by atoms with Gasteiger partial charge < -0.3 is 19.3 Å². The summed E-state index contributed by atoms with van der Waals surface area (Å²) < 4.78 is 13.7. The second-order valence-electron chi connectivity index (χ2n) is 3.46. The molecule has 0 unspecified atom stereocenters. The molecular weight excluding hydrogens is 336 g/mol. The number of likely N-dealkylation sites (N-methyl/N-ethyl adjacent to an activating group) is 2. The van der Waals surface area contributed by atoms with Crippen LogP contribution in [0.5, 0.6) is 0 Å². The molecule has 0 aliphatic heterocycles. The normalized spacial score (nSPS) is 9.04. The number of nitrogens with zero attached hydrogens (tertiary/aromatic N) is 2. The molecule has 0 saturated carbocycles. The van der Waals surface area contributed by atoms with Crippen LogP contribution in [0.25, 0.3) is 0 Å². The molecule has 0 saturated heterocycles. The zero-order chi connectivity index (χ0) is 18.7. The Hall–Kier alpha value is -1.01. The van der Waals surface area contributed by atoms with E-state index in [0.29, 0.717) is 6.07 Å². The number of halogens is 1. The summed E-state index contributed by atoms with van der Waals surface area (Å²) in [7, 11) is 8.75. The third-order valence-corrected chi connectivity index (χ3v) is 2.14. The molecule has 10 nitrogen and oxygen atoms in total. The van der Waals surface area contributed by atoms with Gasteiger partial charge in [0.25, 0.3) is 11.8 Å². The molecule has 0 aliphatic carbocycles. The number of carbonyl (C=O) groups is 2. The van der Waals surface area contributed by atoms with Gasteiger partial charge in [-0.3, -0.25) is 19.3 Å². The highest BCUT2D eigenvalue weighted by atomic mass is 35.5. The Kier molecular flexibility index (Phi) is 24.5. The van der Waals surface area contributed by atoms with Crippen LogP contribution in [0, 0.1) is 0 Å². The zero-order valence-corrected chi connectivity index (χ0v) is 15.2. The Morgan fingerprint density at radius 2 is 1.39 bits per heavy atom. The van der Waals surface area contributed by atoms with E-state index >= 15 is 0 Å². The lowest BCUT2D eigenvalue weighted by Crippen LogP contribution is -2.29. The summed E-state index contributed by atoms with van der Waals surface area (Å²) in [6.07, 6.45) is 0. The lowest BCUT2D eigenvalue weighted by Gasteiger charge is -2.12. The van der Waals surface area contributed by atoms with E-state index in [4.69, 9.17) is 21.4 Å². The number of alkyl halides is 1. The summed E-state index contributed by atoms with van der Waals surface area (Å²) >= 11 is 4.96. The fraction of sp³-hybridized carbons (Fsp3) is 0.833. The minimum Gasteiger partial charge on any atom is -0.386 e. The topological polar surface area (TPSA) is 107 Å². The fourth-order valence-electron chi connectivity index (χ4n) is 0.606. The van der Waals surface area contributed by atoms with E-state index in [2.05, 4.69) is 19.1 Å². The van der Waals surface area contributed by atoms with Gasteiger partial charge in [0.1, 0.15) is 26.1 Å². The number of carbonyl (C=O) groups excluding carboxylic acids is 2. The van der Waals surface area contributed by atoms with Gasteiger partial charge in [-0.1, -0.05) is 11.6 Å². The smallest absolute Gasteiger partial charge is 0.271 e. The Morgan fingerprint density at radius 1 is 0.957 bits per heavy atom. The summed E-state index contributed by atoms with van der Waals surface area (Å²) in [4.78, 5) is 30.2. The second kappa shape index (κ2) is 21.0. The lowest BCUT2D eigenvalue weighted by atomic mass is 10.6. The molecule has 2 amide bonds. The zero-order valence-electron chi connectivity index (χ0n) is 14.4. The first kappa shape index (κ1) is 26.9. The standard InChI is InChI=1S/C6H13NO4.C4H9NO3.C2H5ClO/c1-7(10-3)6(8)4-11-5-9-2;1-5(8-2)4(7)3-6;1-4-2-3/h4-5H2,1-3H3;6H,3H2,1-2H3;2H2,1H3. The van der Waals surface area contributed by atoms with E-state index in [0.717, 1.165) is 10.1 Å². The van der Waals surface area contributed by atoms with Crippen molar-refractivity contribution in [2.45, 2.75) is 0 Å². The van der Waals surface area contributed by atoms with Crippen molar-refractivity contribution in [2.24, 2.45) is 0 Å². The Balaban J connectivity index is -0.000000292. The third kappa shape index (κ3) is 21.0. The Bertz CT molecular complexity index is 282. The third-order valence-electron chi connectivity index (χ3n) is 1.92. The molecule has 0 rings (SSSR count). The summed E-state index contributed by atoms with van der Waals surface area (Å²) in [6, 6.07) is 0.292. The monoisotopic (exact) mass is 362 g/mol.